The van der Waals surface area contributed by atoms with E-state index in [-0.39, 0.29) is 30.8 Å². The van der Waals surface area contributed by atoms with E-state index in [1.54, 1.807) is 53.4 Å². The fourth-order valence-corrected chi connectivity index (χ4v) is 3.91. The van der Waals surface area contributed by atoms with E-state index >= 15 is 0 Å². The lowest BCUT2D eigenvalue weighted by Crippen LogP contribution is -2.42. The molecule has 3 amide bonds. The third kappa shape index (κ3) is 3.51. The Morgan fingerprint density at radius 1 is 1.00 bits per heavy atom. The van der Waals surface area contributed by atoms with Crippen molar-refractivity contribution in [2.75, 3.05) is 13.1 Å². The number of carboxylic acids is 1. The zero-order valence-corrected chi connectivity index (χ0v) is 15.7. The van der Waals surface area contributed by atoms with Crippen molar-refractivity contribution in [3.8, 4) is 0 Å². The van der Waals surface area contributed by atoms with E-state index in [9.17, 15) is 24.3 Å². The van der Waals surface area contributed by atoms with Crippen LogP contribution >= 0.6 is 0 Å². The summed E-state index contributed by atoms with van der Waals surface area (Å²) < 4.78 is 0. The first-order valence-corrected chi connectivity index (χ1v) is 9.52. The summed E-state index contributed by atoms with van der Waals surface area (Å²) in [6.07, 6.45) is 1.22. The lowest BCUT2D eigenvalue weighted by atomic mass is 9.97. The molecule has 0 radical (unpaired) electrons. The largest absolute Gasteiger partial charge is 0.481 e. The Hall–Kier alpha value is -3.48. The molecule has 7 heteroatoms. The maximum Gasteiger partial charge on any atom is 0.308 e. The Labute approximate surface area is 167 Å². The molecule has 148 valence electrons. The van der Waals surface area contributed by atoms with E-state index in [0.717, 1.165) is 0 Å². The number of aliphatic carboxylic acids is 1. The van der Waals surface area contributed by atoms with Gasteiger partial charge < -0.3 is 10.0 Å². The summed E-state index contributed by atoms with van der Waals surface area (Å²) in [5.41, 5.74) is 1.86. The minimum absolute atomic E-state index is 0.0746. The minimum atomic E-state index is -0.887. The van der Waals surface area contributed by atoms with E-state index in [1.807, 2.05) is 0 Å². The molecule has 2 aliphatic heterocycles. The summed E-state index contributed by atoms with van der Waals surface area (Å²) >= 11 is 0. The van der Waals surface area contributed by atoms with Gasteiger partial charge in [-0.1, -0.05) is 24.3 Å². The van der Waals surface area contributed by atoms with Crippen LogP contribution in [0, 0.1) is 5.92 Å². The number of fused-ring (bicyclic) bond motifs is 1. The molecule has 2 aromatic carbocycles. The molecule has 0 bridgehead atoms. The number of carbonyl (C=O) groups excluding carboxylic acids is 3. The molecule has 1 fully saturated rings. The molecule has 1 saturated heterocycles. The van der Waals surface area contributed by atoms with Crippen LogP contribution in [0.4, 0.5) is 0 Å². The average Bonchev–Trinajstić information content (AvgIpc) is 2.98. The molecule has 0 spiro atoms. The Bertz CT molecular complexity index is 981. The Morgan fingerprint density at radius 3 is 2.34 bits per heavy atom. The summed E-state index contributed by atoms with van der Waals surface area (Å²) in [7, 11) is 0. The van der Waals surface area contributed by atoms with Crippen LogP contribution in [0.3, 0.4) is 0 Å². The van der Waals surface area contributed by atoms with E-state index in [1.165, 1.54) is 4.90 Å². The van der Waals surface area contributed by atoms with Crippen LogP contribution in [0.2, 0.25) is 0 Å². The van der Waals surface area contributed by atoms with E-state index in [2.05, 4.69) is 0 Å². The number of piperidine rings is 1. The number of carbonyl (C=O) groups is 4. The second-order valence-corrected chi connectivity index (χ2v) is 7.37. The number of carboxylic acid groups (broad SMARTS) is 1. The molecule has 0 unspecified atom stereocenters. The van der Waals surface area contributed by atoms with Crippen LogP contribution in [0.15, 0.2) is 48.5 Å². The van der Waals surface area contributed by atoms with Crippen molar-refractivity contribution >= 4 is 23.7 Å². The van der Waals surface area contributed by atoms with Crippen molar-refractivity contribution in [2.45, 2.75) is 19.4 Å². The van der Waals surface area contributed by atoms with Gasteiger partial charge >= 0.3 is 5.97 Å². The van der Waals surface area contributed by atoms with Crippen molar-refractivity contribution in [3.63, 3.8) is 0 Å². The maximum absolute atomic E-state index is 12.9. The van der Waals surface area contributed by atoms with Crippen molar-refractivity contribution in [1.82, 2.24) is 9.80 Å². The summed E-state index contributed by atoms with van der Waals surface area (Å²) in [6.45, 7) is 0.785. The first kappa shape index (κ1) is 18.9. The van der Waals surface area contributed by atoms with E-state index < -0.39 is 11.9 Å². The number of amides is 3. The highest BCUT2D eigenvalue weighted by Gasteiger charge is 2.35. The highest BCUT2D eigenvalue weighted by Crippen LogP contribution is 2.25. The van der Waals surface area contributed by atoms with Crippen LogP contribution in [0.25, 0.3) is 0 Å². The number of hydrogen-bond acceptors (Lipinski definition) is 4. The smallest absolute Gasteiger partial charge is 0.308 e. The average molecular weight is 392 g/mol. The third-order valence-electron chi connectivity index (χ3n) is 5.45. The Balaban J connectivity index is 1.51. The maximum atomic E-state index is 12.9. The molecule has 0 aromatic heterocycles. The van der Waals surface area contributed by atoms with Gasteiger partial charge in [-0.25, -0.2) is 0 Å². The fourth-order valence-electron chi connectivity index (χ4n) is 3.91. The lowest BCUT2D eigenvalue weighted by Gasteiger charge is -2.30. The van der Waals surface area contributed by atoms with Gasteiger partial charge in [0.15, 0.2) is 0 Å². The lowest BCUT2D eigenvalue weighted by molar-refractivity contribution is -0.143. The molecule has 7 nitrogen and oxygen atoms in total. The quantitative estimate of drug-likeness (QED) is 0.807. The van der Waals surface area contributed by atoms with E-state index in [0.29, 0.717) is 41.6 Å². The molecule has 0 saturated carbocycles. The molecule has 29 heavy (non-hydrogen) atoms. The zero-order valence-electron chi connectivity index (χ0n) is 15.7. The number of rotatable bonds is 4. The van der Waals surface area contributed by atoms with Crippen LogP contribution in [0.1, 0.15) is 49.5 Å². The van der Waals surface area contributed by atoms with Crippen LogP contribution in [-0.2, 0) is 11.3 Å². The predicted octanol–water partition coefficient (Wildman–Crippen LogP) is 2.42. The number of benzene rings is 2. The monoisotopic (exact) mass is 392 g/mol. The minimum Gasteiger partial charge on any atom is -0.481 e. The molecule has 4 rings (SSSR count). The van der Waals surface area contributed by atoms with Crippen LogP contribution < -0.4 is 0 Å². The Morgan fingerprint density at radius 2 is 1.69 bits per heavy atom. The normalized spacial score (nSPS) is 18.7. The highest BCUT2D eigenvalue weighted by molar-refractivity contribution is 6.21. The molecule has 1 atom stereocenters. The number of imide groups is 1. The summed E-state index contributed by atoms with van der Waals surface area (Å²) in [5, 5.41) is 9.23. The van der Waals surface area contributed by atoms with Gasteiger partial charge in [0.05, 0.1) is 23.6 Å². The van der Waals surface area contributed by atoms with Crippen molar-refractivity contribution < 1.29 is 24.3 Å². The van der Waals surface area contributed by atoms with Crippen molar-refractivity contribution in [1.29, 1.82) is 0 Å². The summed E-state index contributed by atoms with van der Waals surface area (Å²) in [6, 6.07) is 13.5. The molecule has 2 aromatic rings. The highest BCUT2D eigenvalue weighted by atomic mass is 16.4. The van der Waals surface area contributed by atoms with Gasteiger partial charge in [-0.2, -0.15) is 0 Å². The second kappa shape index (κ2) is 7.50. The first-order valence-electron chi connectivity index (χ1n) is 9.52. The van der Waals surface area contributed by atoms with Gasteiger partial charge in [0.2, 0.25) is 0 Å². The van der Waals surface area contributed by atoms with Crippen LogP contribution in [-0.4, -0.2) is 51.7 Å². The molecule has 1 N–H and O–H groups in total. The summed E-state index contributed by atoms with van der Waals surface area (Å²) in [4.78, 5) is 51.9. The third-order valence-corrected chi connectivity index (χ3v) is 5.45. The standard InChI is InChI=1S/C22H20N2O5/c25-19(23-10-4-7-16(13-23)22(28)29)15-6-3-5-14(11-15)12-24-20(26)17-8-1-2-9-18(17)21(24)27/h1-3,5-6,8-9,11,16H,4,7,10,12-13H2,(H,28,29)/t16-/m0/s1. The molecular weight excluding hydrogens is 372 g/mol. The van der Waals surface area contributed by atoms with Gasteiger partial charge in [0.1, 0.15) is 0 Å². The number of likely N-dealkylation sites (tertiary alicyclic amines) is 1. The molecule has 0 aliphatic carbocycles. The van der Waals surface area contributed by atoms with Crippen molar-refractivity contribution in [2.24, 2.45) is 5.92 Å². The zero-order chi connectivity index (χ0) is 20.5. The van der Waals surface area contributed by atoms with E-state index in [4.69, 9.17) is 0 Å². The molecule has 2 heterocycles. The number of nitrogens with zero attached hydrogens (tertiary/aromatic N) is 2. The fraction of sp³-hybridized carbons (Fsp3) is 0.273. The predicted molar refractivity (Wildman–Crippen MR) is 103 cm³/mol. The summed E-state index contributed by atoms with van der Waals surface area (Å²) in [5.74, 6) is -2.36. The van der Waals surface area contributed by atoms with Gasteiger partial charge in [-0.05, 0) is 42.7 Å². The van der Waals surface area contributed by atoms with Gasteiger partial charge in [-0.3, -0.25) is 24.1 Å². The van der Waals surface area contributed by atoms with Gasteiger partial charge in [-0.15, -0.1) is 0 Å². The topological polar surface area (TPSA) is 95.0 Å². The molecular formula is C22H20N2O5. The van der Waals surface area contributed by atoms with Crippen molar-refractivity contribution in [3.05, 3.63) is 70.8 Å². The number of hydrogen-bond donors (Lipinski definition) is 1. The Kier molecular flexibility index (Phi) is 4.88. The molecule has 2 aliphatic rings. The first-order chi connectivity index (χ1) is 14.0. The van der Waals surface area contributed by atoms with Gasteiger partial charge in [0.25, 0.3) is 17.7 Å². The van der Waals surface area contributed by atoms with Crippen LogP contribution in [0.5, 0.6) is 0 Å². The van der Waals surface area contributed by atoms with Gasteiger partial charge in [0, 0.05) is 18.7 Å². The second-order valence-electron chi connectivity index (χ2n) is 7.37. The SMILES string of the molecule is O=C(O)[C@H]1CCCN(C(=O)c2cccc(CN3C(=O)c4ccccc4C3=O)c2)C1.